The van der Waals surface area contributed by atoms with E-state index in [1.165, 1.54) is 96.3 Å². The van der Waals surface area contributed by atoms with Crippen LogP contribution in [0.1, 0.15) is 207 Å². The zero-order chi connectivity index (χ0) is 38.2. The number of hydrogen-bond acceptors (Lipinski definition) is 8. The zero-order valence-electron chi connectivity index (χ0n) is 33.9. The molecule has 2 aliphatic rings. The van der Waals surface area contributed by atoms with Crippen LogP contribution >= 0.6 is 0 Å². The van der Waals surface area contributed by atoms with Gasteiger partial charge in [0.2, 0.25) is 6.41 Å². The van der Waals surface area contributed by atoms with Crippen LogP contribution in [-0.4, -0.2) is 60.4 Å². The smallest absolute Gasteiger partial charge is 0.325 e. The third-order valence-electron chi connectivity index (χ3n) is 10.7. The Kier molecular flexibility index (Phi) is 29.7. The Bertz CT molecular complexity index is 914. The number of carbonyl (C=O) groups excluding carboxylic acids is 4. The van der Waals surface area contributed by atoms with Gasteiger partial charge in [-0.25, -0.2) is 0 Å². The molecule has 0 bridgehead atoms. The number of aliphatic hydroxyl groups is 1. The molecule has 0 saturated carbocycles. The van der Waals surface area contributed by atoms with Gasteiger partial charge in [0.15, 0.2) is 0 Å². The highest BCUT2D eigenvalue weighted by molar-refractivity contribution is 5.79. The number of esters is 3. The molecule has 0 aromatic rings. The van der Waals surface area contributed by atoms with Gasteiger partial charge < -0.3 is 24.6 Å². The summed E-state index contributed by atoms with van der Waals surface area (Å²) in [7, 11) is 0. The topological polar surface area (TPSA) is 128 Å². The monoisotopic (exact) mass is 738 g/mol. The summed E-state index contributed by atoms with van der Waals surface area (Å²) in [5.74, 6) is -0.633. The van der Waals surface area contributed by atoms with Gasteiger partial charge in [0.25, 0.3) is 0 Å². The predicted molar refractivity (Wildman–Crippen MR) is 209 cm³/mol. The van der Waals surface area contributed by atoms with Crippen molar-refractivity contribution in [3.8, 4) is 0 Å². The van der Waals surface area contributed by atoms with Crippen molar-refractivity contribution in [3.63, 3.8) is 0 Å². The second-order valence-electron chi connectivity index (χ2n) is 15.4. The number of hydrogen-bond donors (Lipinski definition) is 2. The molecule has 2 rings (SSSR count). The van der Waals surface area contributed by atoms with E-state index < -0.39 is 5.97 Å². The maximum absolute atomic E-state index is 11.9. The Morgan fingerprint density at radius 3 is 1.46 bits per heavy atom. The third kappa shape index (κ3) is 22.8. The number of carbonyl (C=O) groups is 4. The molecule has 1 amide bonds. The van der Waals surface area contributed by atoms with Crippen molar-refractivity contribution >= 4 is 24.3 Å². The number of cyclic esters (lactones) is 2. The van der Waals surface area contributed by atoms with Gasteiger partial charge in [-0.15, -0.1) is 0 Å². The van der Waals surface area contributed by atoms with E-state index in [2.05, 4.69) is 33.0 Å². The van der Waals surface area contributed by atoms with Crippen molar-refractivity contribution in [1.82, 2.24) is 5.32 Å². The van der Waals surface area contributed by atoms with E-state index >= 15 is 0 Å². The van der Waals surface area contributed by atoms with Gasteiger partial charge in [-0.1, -0.05) is 163 Å². The highest BCUT2D eigenvalue weighted by atomic mass is 16.6. The van der Waals surface area contributed by atoms with E-state index in [4.69, 9.17) is 14.2 Å². The molecule has 2 heterocycles. The van der Waals surface area contributed by atoms with Crippen molar-refractivity contribution in [2.24, 2.45) is 11.8 Å². The molecule has 9 nitrogen and oxygen atoms in total. The minimum atomic E-state index is -0.436. The molecule has 9 heteroatoms. The quantitative estimate of drug-likeness (QED) is 0.0289. The fourth-order valence-corrected chi connectivity index (χ4v) is 7.27. The summed E-state index contributed by atoms with van der Waals surface area (Å²) in [4.78, 5) is 45.5. The van der Waals surface area contributed by atoms with Crippen molar-refractivity contribution in [2.45, 2.75) is 232 Å². The average Bonchev–Trinajstić information content (AvgIpc) is 3.12. The third-order valence-corrected chi connectivity index (χ3v) is 10.7. The van der Waals surface area contributed by atoms with Crippen molar-refractivity contribution < 1.29 is 38.5 Å². The lowest BCUT2D eigenvalue weighted by atomic mass is 9.87. The summed E-state index contributed by atoms with van der Waals surface area (Å²) in [5, 5.41) is 12.5. The first-order valence-electron chi connectivity index (χ1n) is 21.8. The number of amides is 1. The van der Waals surface area contributed by atoms with Crippen LogP contribution in [0.15, 0.2) is 0 Å². The molecule has 52 heavy (non-hydrogen) atoms. The van der Waals surface area contributed by atoms with E-state index in [-0.39, 0.29) is 54.7 Å². The number of unbranched alkanes of at least 4 members (excludes halogenated alkanes) is 18. The molecule has 2 aliphatic heterocycles. The van der Waals surface area contributed by atoms with Gasteiger partial charge in [-0.3, -0.25) is 19.2 Å². The van der Waals surface area contributed by atoms with Gasteiger partial charge in [0.05, 0.1) is 17.9 Å². The first-order valence-corrected chi connectivity index (χ1v) is 21.8. The first kappa shape index (κ1) is 47.9. The maximum Gasteiger partial charge on any atom is 0.325 e. The molecule has 0 spiro atoms. The van der Waals surface area contributed by atoms with Gasteiger partial charge in [0, 0.05) is 12.8 Å². The van der Waals surface area contributed by atoms with Crippen LogP contribution in [-0.2, 0) is 33.4 Å². The molecule has 0 aromatic carbocycles. The lowest BCUT2D eigenvalue weighted by Gasteiger charge is -2.37. The molecule has 0 aliphatic carbocycles. The lowest BCUT2D eigenvalue weighted by Crippen LogP contribution is -2.47. The predicted octanol–water partition coefficient (Wildman–Crippen LogP) is 10.1. The van der Waals surface area contributed by atoms with Crippen LogP contribution in [0.2, 0.25) is 0 Å². The largest absolute Gasteiger partial charge is 0.461 e. The molecule has 2 N–H and O–H groups in total. The normalized spacial score (nSPS) is 20.3. The second-order valence-corrected chi connectivity index (χ2v) is 15.4. The van der Waals surface area contributed by atoms with Crippen LogP contribution in [0.25, 0.3) is 0 Å². The van der Waals surface area contributed by atoms with E-state index in [1.807, 2.05) is 0 Å². The summed E-state index contributed by atoms with van der Waals surface area (Å²) < 4.78 is 16.1. The zero-order valence-corrected chi connectivity index (χ0v) is 33.9. The van der Waals surface area contributed by atoms with Gasteiger partial charge in [-0.05, 0) is 32.1 Å². The number of ether oxygens (including phenoxy) is 3. The van der Waals surface area contributed by atoms with E-state index in [1.54, 1.807) is 0 Å². The van der Waals surface area contributed by atoms with Crippen LogP contribution in [0, 0.1) is 11.8 Å². The molecule has 1 unspecified atom stereocenters. The Labute approximate surface area is 317 Å². The summed E-state index contributed by atoms with van der Waals surface area (Å²) in [5.41, 5.74) is 0. The number of rotatable bonds is 34. The lowest BCUT2D eigenvalue weighted by molar-refractivity contribution is -0.190. The SMILES string of the molecule is CCCCCCCCCCC[C@@H](O)C[C@@H]1OC(=O)[C@H]1CCCC.CCCCCCCCCCC[C@H](CC1OC(=O)[C@H]1CCCC)OC(=O)CNC=O. The summed E-state index contributed by atoms with van der Waals surface area (Å²) in [6.45, 7) is 8.60. The van der Waals surface area contributed by atoms with E-state index in [0.717, 1.165) is 70.6 Å². The summed E-state index contributed by atoms with van der Waals surface area (Å²) in [6, 6.07) is 0. The Morgan fingerprint density at radius 1 is 0.635 bits per heavy atom. The standard InChI is InChI=1S/C23H41NO5.C20H38O3/c1-3-5-7-8-9-10-11-12-13-14-19(28-22(26)17-24-18-25)16-21-20(15-6-4-2)23(27)29-21;1-3-5-7-8-9-10-11-12-13-14-17(21)16-19-18(15-6-4-2)20(22)23-19/h18-21H,3-17H2,1-2H3,(H,24,25);17-19,21H,3-16H2,1-2H3/t19-,20+,21?;17-,18+,19+/m11/s1. The Hall–Kier alpha value is -2.16. The summed E-state index contributed by atoms with van der Waals surface area (Å²) >= 11 is 0. The molecule has 0 radical (unpaired) electrons. The van der Waals surface area contributed by atoms with E-state index in [9.17, 15) is 24.3 Å². The van der Waals surface area contributed by atoms with Crippen LogP contribution in [0.5, 0.6) is 0 Å². The molecule has 0 aromatic heterocycles. The highest BCUT2D eigenvalue weighted by Gasteiger charge is 2.43. The van der Waals surface area contributed by atoms with Gasteiger partial charge in [0.1, 0.15) is 24.9 Å². The Morgan fingerprint density at radius 2 is 1.04 bits per heavy atom. The van der Waals surface area contributed by atoms with Crippen molar-refractivity contribution in [2.75, 3.05) is 6.54 Å². The highest BCUT2D eigenvalue weighted by Crippen LogP contribution is 2.33. The first-order chi connectivity index (χ1) is 25.3. The second kappa shape index (κ2) is 32.3. The fourth-order valence-electron chi connectivity index (χ4n) is 7.27. The van der Waals surface area contributed by atoms with Crippen LogP contribution in [0.3, 0.4) is 0 Å². The molecule has 6 atom stereocenters. The maximum atomic E-state index is 11.9. The van der Waals surface area contributed by atoms with Crippen molar-refractivity contribution in [3.05, 3.63) is 0 Å². The van der Waals surface area contributed by atoms with Gasteiger partial charge >= 0.3 is 17.9 Å². The van der Waals surface area contributed by atoms with Crippen molar-refractivity contribution in [1.29, 1.82) is 0 Å². The molecule has 304 valence electrons. The van der Waals surface area contributed by atoms with Crippen LogP contribution in [0.4, 0.5) is 0 Å². The number of nitrogens with one attached hydrogen (secondary N) is 1. The minimum Gasteiger partial charge on any atom is -0.461 e. The minimum absolute atomic E-state index is 0.0254. The number of aliphatic hydroxyl groups excluding tert-OH is 1. The van der Waals surface area contributed by atoms with Gasteiger partial charge in [-0.2, -0.15) is 0 Å². The molecule has 2 fully saturated rings. The Balaban J connectivity index is 0.000000534. The summed E-state index contributed by atoms with van der Waals surface area (Å²) in [6.07, 6.45) is 31.5. The molecular weight excluding hydrogens is 658 g/mol. The fraction of sp³-hybridized carbons (Fsp3) is 0.907. The molecular formula is C43H79NO8. The average molecular weight is 738 g/mol. The van der Waals surface area contributed by atoms with Crippen LogP contribution < -0.4 is 5.32 Å². The van der Waals surface area contributed by atoms with E-state index in [0.29, 0.717) is 19.3 Å². The molecule has 2 saturated heterocycles.